The van der Waals surface area contributed by atoms with Gasteiger partial charge in [0.15, 0.2) is 0 Å². The number of aryl methyl sites for hydroxylation is 3. The summed E-state index contributed by atoms with van der Waals surface area (Å²) in [7, 11) is 2.00. The Hall–Kier alpha value is -2.28. The van der Waals surface area contributed by atoms with Gasteiger partial charge in [-0.25, -0.2) is 9.97 Å². The topological polar surface area (TPSA) is 67.2 Å². The van der Waals surface area contributed by atoms with Gasteiger partial charge in [0.05, 0.1) is 17.0 Å². The van der Waals surface area contributed by atoms with E-state index in [1.165, 1.54) is 5.69 Å². The average Bonchev–Trinajstić information content (AvgIpc) is 3.18. The van der Waals surface area contributed by atoms with Crippen LogP contribution in [0.1, 0.15) is 40.4 Å². The number of aromatic nitrogens is 4. The van der Waals surface area contributed by atoms with Crippen molar-refractivity contribution in [3.63, 3.8) is 0 Å². The van der Waals surface area contributed by atoms with Crippen LogP contribution < -0.4 is 0 Å². The number of nitrogens with zero attached hydrogens (tertiary/aromatic N) is 6. The van der Waals surface area contributed by atoms with E-state index in [4.69, 9.17) is 0 Å². The zero-order valence-corrected chi connectivity index (χ0v) is 16.4. The maximum Gasteiger partial charge on any atom is 0.257 e. The van der Waals surface area contributed by atoms with Gasteiger partial charge in [-0.3, -0.25) is 14.4 Å². The van der Waals surface area contributed by atoms with E-state index in [2.05, 4.69) is 26.0 Å². The van der Waals surface area contributed by atoms with Gasteiger partial charge in [-0.1, -0.05) is 0 Å². The van der Waals surface area contributed by atoms with Crippen LogP contribution in [-0.2, 0) is 13.6 Å². The molecule has 4 heterocycles. The lowest BCUT2D eigenvalue weighted by Crippen LogP contribution is -2.32. The predicted molar refractivity (Wildman–Crippen MR) is 102 cm³/mol. The molecule has 0 saturated carbocycles. The SMILES string of the molecule is Cc1ncc(C(=O)N2C[C@H]3CCN(Cc4ccnn4C)CC[C@H]3C2)c(C)n1. The fourth-order valence-corrected chi connectivity index (χ4v) is 4.47. The Kier molecular flexibility index (Phi) is 4.95. The molecular formula is C20H28N6O. The summed E-state index contributed by atoms with van der Waals surface area (Å²) in [5.74, 6) is 1.99. The first-order valence-corrected chi connectivity index (χ1v) is 9.80. The number of likely N-dealkylation sites (tertiary alicyclic amines) is 2. The van der Waals surface area contributed by atoms with Crippen molar-refractivity contribution in [1.29, 1.82) is 0 Å². The van der Waals surface area contributed by atoms with Crippen LogP contribution in [0, 0.1) is 25.7 Å². The molecule has 7 nitrogen and oxygen atoms in total. The molecule has 0 bridgehead atoms. The van der Waals surface area contributed by atoms with Crippen LogP contribution in [0.15, 0.2) is 18.5 Å². The Bertz CT molecular complexity index is 816. The van der Waals surface area contributed by atoms with Crippen LogP contribution in [0.5, 0.6) is 0 Å². The average molecular weight is 368 g/mol. The maximum atomic E-state index is 12.9. The molecule has 2 fully saturated rings. The second-order valence-electron chi connectivity index (χ2n) is 7.95. The molecule has 2 saturated heterocycles. The van der Waals surface area contributed by atoms with E-state index >= 15 is 0 Å². The second-order valence-corrected chi connectivity index (χ2v) is 7.95. The normalized spacial score (nSPS) is 23.3. The third-order valence-corrected chi connectivity index (χ3v) is 6.13. The van der Waals surface area contributed by atoms with Gasteiger partial charge < -0.3 is 4.90 Å². The first-order valence-electron chi connectivity index (χ1n) is 9.80. The molecule has 144 valence electrons. The van der Waals surface area contributed by atoms with Gasteiger partial charge in [0.2, 0.25) is 0 Å². The van der Waals surface area contributed by atoms with Crippen molar-refractivity contribution < 1.29 is 4.79 Å². The van der Waals surface area contributed by atoms with Gasteiger partial charge in [0, 0.05) is 39.1 Å². The van der Waals surface area contributed by atoms with Gasteiger partial charge in [-0.05, 0) is 57.7 Å². The van der Waals surface area contributed by atoms with Gasteiger partial charge in [-0.15, -0.1) is 0 Å². The minimum Gasteiger partial charge on any atom is -0.338 e. The number of hydrogen-bond donors (Lipinski definition) is 0. The van der Waals surface area contributed by atoms with Crippen LogP contribution in [-0.4, -0.2) is 61.6 Å². The summed E-state index contributed by atoms with van der Waals surface area (Å²) >= 11 is 0. The van der Waals surface area contributed by atoms with E-state index in [1.54, 1.807) is 6.20 Å². The van der Waals surface area contributed by atoms with Crippen LogP contribution in [0.3, 0.4) is 0 Å². The zero-order valence-electron chi connectivity index (χ0n) is 16.4. The maximum absolute atomic E-state index is 12.9. The summed E-state index contributed by atoms with van der Waals surface area (Å²) in [5.41, 5.74) is 2.69. The van der Waals surface area contributed by atoms with Crippen molar-refractivity contribution in [1.82, 2.24) is 29.5 Å². The van der Waals surface area contributed by atoms with E-state index in [0.717, 1.165) is 51.3 Å². The molecule has 0 aromatic carbocycles. The van der Waals surface area contributed by atoms with Gasteiger partial charge in [0.25, 0.3) is 5.91 Å². The van der Waals surface area contributed by atoms with Crippen LogP contribution in [0.4, 0.5) is 0 Å². The van der Waals surface area contributed by atoms with Crippen LogP contribution in [0.2, 0.25) is 0 Å². The van der Waals surface area contributed by atoms with Crippen LogP contribution >= 0.6 is 0 Å². The molecular weight excluding hydrogens is 340 g/mol. The molecule has 0 N–H and O–H groups in total. The van der Waals surface area contributed by atoms with Crippen molar-refractivity contribution in [2.45, 2.75) is 33.2 Å². The van der Waals surface area contributed by atoms with Gasteiger partial charge in [0.1, 0.15) is 5.82 Å². The highest BCUT2D eigenvalue weighted by molar-refractivity contribution is 5.95. The molecule has 2 aliphatic heterocycles. The summed E-state index contributed by atoms with van der Waals surface area (Å²) in [6.45, 7) is 8.59. The summed E-state index contributed by atoms with van der Waals surface area (Å²) in [5, 5.41) is 4.27. The summed E-state index contributed by atoms with van der Waals surface area (Å²) in [6.07, 6.45) is 5.84. The summed E-state index contributed by atoms with van der Waals surface area (Å²) in [4.78, 5) is 26.1. The number of rotatable bonds is 3. The minimum atomic E-state index is 0.0901. The van der Waals surface area contributed by atoms with Crippen molar-refractivity contribution in [2.24, 2.45) is 18.9 Å². The quantitative estimate of drug-likeness (QED) is 0.827. The lowest BCUT2D eigenvalue weighted by atomic mass is 9.92. The Morgan fingerprint density at radius 2 is 1.89 bits per heavy atom. The molecule has 4 rings (SSSR count). The van der Waals surface area contributed by atoms with Crippen molar-refractivity contribution in [3.05, 3.63) is 41.2 Å². The highest BCUT2D eigenvalue weighted by atomic mass is 16.2. The summed E-state index contributed by atoms with van der Waals surface area (Å²) < 4.78 is 1.96. The van der Waals surface area contributed by atoms with Crippen molar-refractivity contribution >= 4 is 5.91 Å². The van der Waals surface area contributed by atoms with Crippen molar-refractivity contribution in [3.8, 4) is 0 Å². The molecule has 2 aromatic heterocycles. The molecule has 0 unspecified atom stereocenters. The molecule has 2 atom stereocenters. The number of fused-ring (bicyclic) bond motifs is 1. The van der Waals surface area contributed by atoms with E-state index in [1.807, 2.05) is 36.7 Å². The van der Waals surface area contributed by atoms with E-state index in [9.17, 15) is 4.79 Å². The number of hydrogen-bond acceptors (Lipinski definition) is 5. The third-order valence-electron chi connectivity index (χ3n) is 6.13. The fourth-order valence-electron chi connectivity index (χ4n) is 4.47. The molecule has 0 spiro atoms. The molecule has 0 radical (unpaired) electrons. The zero-order chi connectivity index (χ0) is 19.0. The highest BCUT2D eigenvalue weighted by Crippen LogP contribution is 2.33. The number of carbonyl (C=O) groups excluding carboxylic acids is 1. The Balaban J connectivity index is 1.38. The lowest BCUT2D eigenvalue weighted by molar-refractivity contribution is 0.0778. The third kappa shape index (κ3) is 3.74. The lowest BCUT2D eigenvalue weighted by Gasteiger charge is -2.22. The summed E-state index contributed by atoms with van der Waals surface area (Å²) in [6, 6.07) is 2.10. The minimum absolute atomic E-state index is 0.0901. The largest absolute Gasteiger partial charge is 0.338 e. The molecule has 1 amide bonds. The van der Waals surface area contributed by atoms with E-state index < -0.39 is 0 Å². The standard InChI is InChI=1S/C20H28N6O/c1-14-19(10-21-15(2)23-14)20(27)26-11-16-5-8-25(9-6-17(16)12-26)13-18-4-7-22-24(18)3/h4,7,10,16-17H,5-6,8-9,11-13H2,1-3H3/t16-,17+. The van der Waals surface area contributed by atoms with Crippen LogP contribution in [0.25, 0.3) is 0 Å². The van der Waals surface area contributed by atoms with Gasteiger partial charge in [-0.2, -0.15) is 5.10 Å². The molecule has 7 heteroatoms. The fraction of sp³-hybridized carbons (Fsp3) is 0.600. The van der Waals surface area contributed by atoms with E-state index in [0.29, 0.717) is 23.2 Å². The van der Waals surface area contributed by atoms with Gasteiger partial charge >= 0.3 is 0 Å². The molecule has 2 aliphatic rings. The molecule has 0 aliphatic carbocycles. The smallest absolute Gasteiger partial charge is 0.257 e. The second kappa shape index (κ2) is 7.38. The Morgan fingerprint density at radius 3 is 2.48 bits per heavy atom. The Morgan fingerprint density at radius 1 is 1.19 bits per heavy atom. The van der Waals surface area contributed by atoms with Crippen molar-refractivity contribution in [2.75, 3.05) is 26.2 Å². The highest BCUT2D eigenvalue weighted by Gasteiger charge is 2.37. The Labute approximate surface area is 160 Å². The first-order chi connectivity index (χ1) is 13.0. The monoisotopic (exact) mass is 368 g/mol. The first kappa shape index (κ1) is 18.1. The van der Waals surface area contributed by atoms with E-state index in [-0.39, 0.29) is 5.91 Å². The molecule has 2 aromatic rings. The number of amides is 1. The molecule has 27 heavy (non-hydrogen) atoms. The predicted octanol–water partition coefficient (Wildman–Crippen LogP) is 1.81. The number of carbonyl (C=O) groups is 1.